The molecule has 0 aromatic heterocycles. The Balaban J connectivity index is 1.21. The molecule has 3 heterocycles. The number of imide groups is 1. The third-order valence-corrected chi connectivity index (χ3v) is 6.10. The van der Waals surface area contributed by atoms with E-state index in [1.54, 1.807) is 11.0 Å². The molecule has 1 atom stereocenters. The number of nitrogens with one attached hydrogen (secondary N) is 1. The SMILES string of the molecule is O=C1CN(C2CCNCC2)C(=O)N1CC1COc2ccc(OCc3ccccc3)cc2O1. The zero-order valence-corrected chi connectivity index (χ0v) is 17.9. The van der Waals surface area contributed by atoms with E-state index >= 15 is 0 Å². The first kappa shape index (κ1) is 20.6. The van der Waals surface area contributed by atoms with Gasteiger partial charge < -0.3 is 24.4 Å². The van der Waals surface area contributed by atoms with Crippen molar-refractivity contribution in [1.82, 2.24) is 15.1 Å². The van der Waals surface area contributed by atoms with Crippen molar-refractivity contribution >= 4 is 11.9 Å². The van der Waals surface area contributed by atoms with Gasteiger partial charge in [-0.1, -0.05) is 30.3 Å². The minimum Gasteiger partial charge on any atom is -0.489 e. The topological polar surface area (TPSA) is 80.3 Å². The monoisotopic (exact) mass is 437 g/mol. The van der Waals surface area contributed by atoms with Crippen molar-refractivity contribution in [2.45, 2.75) is 31.6 Å². The van der Waals surface area contributed by atoms with E-state index in [1.807, 2.05) is 42.5 Å². The van der Waals surface area contributed by atoms with Gasteiger partial charge in [0, 0.05) is 12.1 Å². The molecule has 2 saturated heterocycles. The number of fused-ring (bicyclic) bond motifs is 1. The van der Waals surface area contributed by atoms with Crippen molar-refractivity contribution in [3.8, 4) is 17.2 Å². The van der Waals surface area contributed by atoms with Crippen LogP contribution in [0.2, 0.25) is 0 Å². The first-order valence-corrected chi connectivity index (χ1v) is 11.1. The van der Waals surface area contributed by atoms with E-state index in [2.05, 4.69) is 5.32 Å². The molecular formula is C24H27N3O5. The van der Waals surface area contributed by atoms with E-state index in [0.29, 0.717) is 23.9 Å². The molecule has 2 aromatic carbocycles. The smallest absolute Gasteiger partial charge is 0.327 e. The third kappa shape index (κ3) is 4.36. The molecule has 1 unspecified atom stereocenters. The van der Waals surface area contributed by atoms with E-state index < -0.39 is 6.10 Å². The molecule has 2 fully saturated rings. The van der Waals surface area contributed by atoms with E-state index in [1.165, 1.54) is 4.90 Å². The normalized spacial score (nSPS) is 21.2. The van der Waals surface area contributed by atoms with Crippen LogP contribution < -0.4 is 19.5 Å². The molecule has 8 nitrogen and oxygen atoms in total. The summed E-state index contributed by atoms with van der Waals surface area (Å²) in [5.41, 5.74) is 1.07. The van der Waals surface area contributed by atoms with Gasteiger partial charge in [-0.3, -0.25) is 9.69 Å². The van der Waals surface area contributed by atoms with Crippen LogP contribution >= 0.6 is 0 Å². The molecule has 1 N–H and O–H groups in total. The number of carbonyl (C=O) groups excluding carboxylic acids is 2. The van der Waals surface area contributed by atoms with Crippen LogP contribution in [0, 0.1) is 0 Å². The fraction of sp³-hybridized carbons (Fsp3) is 0.417. The molecule has 8 heteroatoms. The molecular weight excluding hydrogens is 410 g/mol. The van der Waals surface area contributed by atoms with Crippen LogP contribution in [0.5, 0.6) is 17.2 Å². The van der Waals surface area contributed by atoms with Crippen molar-refractivity contribution in [2.24, 2.45) is 0 Å². The van der Waals surface area contributed by atoms with Crippen molar-refractivity contribution in [3.05, 3.63) is 54.1 Å². The van der Waals surface area contributed by atoms with Gasteiger partial charge in [0.1, 0.15) is 25.5 Å². The lowest BCUT2D eigenvalue weighted by Gasteiger charge is -2.32. The van der Waals surface area contributed by atoms with Crippen LogP contribution in [-0.2, 0) is 11.4 Å². The maximum atomic E-state index is 12.9. The zero-order chi connectivity index (χ0) is 21.9. The van der Waals surface area contributed by atoms with Gasteiger partial charge >= 0.3 is 6.03 Å². The summed E-state index contributed by atoms with van der Waals surface area (Å²) in [7, 11) is 0. The van der Waals surface area contributed by atoms with E-state index in [9.17, 15) is 9.59 Å². The predicted octanol–water partition coefficient (Wildman–Crippen LogP) is 2.42. The number of urea groups is 1. The second kappa shape index (κ2) is 9.08. The van der Waals surface area contributed by atoms with Crippen LogP contribution in [0.4, 0.5) is 4.79 Å². The van der Waals surface area contributed by atoms with Gasteiger partial charge in [-0.2, -0.15) is 0 Å². The Morgan fingerprint density at radius 2 is 1.84 bits per heavy atom. The molecule has 0 radical (unpaired) electrons. The second-order valence-electron chi connectivity index (χ2n) is 8.33. The number of hydrogen-bond acceptors (Lipinski definition) is 6. The summed E-state index contributed by atoms with van der Waals surface area (Å²) in [6.07, 6.45) is 1.32. The van der Waals surface area contributed by atoms with Gasteiger partial charge in [-0.05, 0) is 43.6 Å². The Hall–Kier alpha value is -3.26. The average molecular weight is 437 g/mol. The van der Waals surface area contributed by atoms with Crippen molar-refractivity contribution in [3.63, 3.8) is 0 Å². The number of hydrogen-bond donors (Lipinski definition) is 1. The quantitative estimate of drug-likeness (QED) is 0.700. The average Bonchev–Trinajstić information content (AvgIpc) is 3.12. The second-order valence-corrected chi connectivity index (χ2v) is 8.33. The van der Waals surface area contributed by atoms with Gasteiger partial charge in [0.05, 0.1) is 6.54 Å². The zero-order valence-electron chi connectivity index (χ0n) is 17.9. The minimum atomic E-state index is -0.423. The molecule has 168 valence electrons. The summed E-state index contributed by atoms with van der Waals surface area (Å²) in [5.74, 6) is 1.68. The van der Waals surface area contributed by atoms with Gasteiger partial charge in [0.2, 0.25) is 5.91 Å². The Morgan fingerprint density at radius 3 is 2.66 bits per heavy atom. The Labute approximate surface area is 187 Å². The molecule has 0 bridgehead atoms. The third-order valence-electron chi connectivity index (χ3n) is 6.10. The highest BCUT2D eigenvalue weighted by molar-refractivity contribution is 6.02. The minimum absolute atomic E-state index is 0.117. The number of rotatable bonds is 6. The van der Waals surface area contributed by atoms with Gasteiger partial charge in [-0.15, -0.1) is 0 Å². The van der Waals surface area contributed by atoms with Gasteiger partial charge in [-0.25, -0.2) is 4.79 Å². The lowest BCUT2D eigenvalue weighted by molar-refractivity contribution is -0.126. The summed E-state index contributed by atoms with van der Waals surface area (Å²) in [6.45, 7) is 2.79. The molecule has 3 aliphatic heterocycles. The highest BCUT2D eigenvalue weighted by Crippen LogP contribution is 2.35. The summed E-state index contributed by atoms with van der Waals surface area (Å²) in [5, 5.41) is 3.29. The van der Waals surface area contributed by atoms with Crippen LogP contribution in [0.1, 0.15) is 18.4 Å². The van der Waals surface area contributed by atoms with E-state index in [-0.39, 0.29) is 37.7 Å². The van der Waals surface area contributed by atoms with Crippen molar-refractivity contribution < 1.29 is 23.8 Å². The number of piperidine rings is 1. The lowest BCUT2D eigenvalue weighted by atomic mass is 10.1. The molecule has 2 aromatic rings. The number of carbonyl (C=O) groups is 2. The van der Waals surface area contributed by atoms with Crippen molar-refractivity contribution in [1.29, 1.82) is 0 Å². The number of amides is 3. The fourth-order valence-corrected chi connectivity index (χ4v) is 4.36. The first-order valence-electron chi connectivity index (χ1n) is 11.1. The maximum absolute atomic E-state index is 12.9. The molecule has 32 heavy (non-hydrogen) atoms. The summed E-state index contributed by atoms with van der Waals surface area (Å²) in [6, 6.07) is 15.3. The number of ether oxygens (including phenoxy) is 3. The Morgan fingerprint density at radius 1 is 1.03 bits per heavy atom. The van der Waals surface area contributed by atoms with Crippen LogP contribution in [0.25, 0.3) is 0 Å². The first-order chi connectivity index (χ1) is 15.7. The Kier molecular flexibility index (Phi) is 5.85. The van der Waals surface area contributed by atoms with Gasteiger partial charge in [0.25, 0.3) is 0 Å². The molecule has 3 aliphatic rings. The Bertz CT molecular complexity index is 977. The predicted molar refractivity (Wildman–Crippen MR) is 117 cm³/mol. The van der Waals surface area contributed by atoms with Crippen LogP contribution in [0.15, 0.2) is 48.5 Å². The van der Waals surface area contributed by atoms with Crippen LogP contribution in [0.3, 0.4) is 0 Å². The summed E-state index contributed by atoms with van der Waals surface area (Å²) < 4.78 is 17.8. The standard InChI is InChI=1S/C24H27N3O5/c28-23-14-26(18-8-10-25-11-9-18)24(29)27(23)13-20-16-31-21-7-6-19(12-22(21)32-20)30-15-17-4-2-1-3-5-17/h1-7,12,18,20,25H,8-11,13-16H2. The summed E-state index contributed by atoms with van der Waals surface area (Å²) in [4.78, 5) is 28.5. The maximum Gasteiger partial charge on any atom is 0.327 e. The van der Waals surface area contributed by atoms with E-state index in [0.717, 1.165) is 31.5 Å². The fourth-order valence-electron chi connectivity index (χ4n) is 4.36. The van der Waals surface area contributed by atoms with E-state index in [4.69, 9.17) is 14.2 Å². The number of benzene rings is 2. The molecule has 0 aliphatic carbocycles. The highest BCUT2D eigenvalue weighted by atomic mass is 16.6. The van der Waals surface area contributed by atoms with Crippen LogP contribution in [-0.4, -0.2) is 66.7 Å². The summed E-state index contributed by atoms with van der Waals surface area (Å²) >= 11 is 0. The largest absolute Gasteiger partial charge is 0.489 e. The number of nitrogens with zero attached hydrogens (tertiary/aromatic N) is 2. The highest BCUT2D eigenvalue weighted by Gasteiger charge is 2.41. The van der Waals surface area contributed by atoms with Crippen molar-refractivity contribution in [2.75, 3.05) is 32.8 Å². The molecule has 5 rings (SSSR count). The molecule has 0 saturated carbocycles. The van der Waals surface area contributed by atoms with Gasteiger partial charge in [0.15, 0.2) is 17.6 Å². The lowest BCUT2D eigenvalue weighted by Crippen LogP contribution is -2.47. The molecule has 3 amide bonds. The molecule has 0 spiro atoms.